The average molecular weight is 273 g/mol. The van der Waals surface area contributed by atoms with Crippen LogP contribution >= 0.6 is 0 Å². The first kappa shape index (κ1) is 14.3. The zero-order valence-corrected chi connectivity index (χ0v) is 11.8. The van der Waals surface area contributed by atoms with Crippen molar-refractivity contribution in [2.45, 2.75) is 6.54 Å². The van der Waals surface area contributed by atoms with Crippen molar-refractivity contribution in [2.75, 3.05) is 27.3 Å². The number of likely N-dealkylation sites (N-methyl/N-ethyl adjacent to an activating group) is 1. The van der Waals surface area contributed by atoms with E-state index in [9.17, 15) is 0 Å². The average Bonchev–Trinajstić information content (AvgIpc) is 2.48. The highest BCUT2D eigenvalue weighted by atomic mass is 16.5. The fourth-order valence-corrected chi connectivity index (χ4v) is 1.78. The Balaban J connectivity index is 1.75. The molecule has 2 rings (SSSR count). The second-order valence-corrected chi connectivity index (χ2v) is 4.46. The van der Waals surface area contributed by atoms with Crippen LogP contribution in [0.25, 0.3) is 0 Å². The third kappa shape index (κ3) is 4.51. The van der Waals surface area contributed by atoms with Gasteiger partial charge in [-0.1, -0.05) is 6.07 Å². The van der Waals surface area contributed by atoms with Crippen LogP contribution in [-0.4, -0.2) is 42.2 Å². The van der Waals surface area contributed by atoms with Gasteiger partial charge in [-0.15, -0.1) is 0 Å². The molecule has 0 N–H and O–H groups in total. The van der Waals surface area contributed by atoms with Crippen molar-refractivity contribution < 1.29 is 9.47 Å². The highest BCUT2D eigenvalue weighted by molar-refractivity contribution is 5.32. The van der Waals surface area contributed by atoms with Crippen molar-refractivity contribution in [1.29, 1.82) is 0 Å². The first-order chi connectivity index (χ1) is 9.78. The van der Waals surface area contributed by atoms with E-state index in [4.69, 9.17) is 9.47 Å². The van der Waals surface area contributed by atoms with Crippen LogP contribution in [0.15, 0.2) is 42.9 Å². The maximum Gasteiger partial charge on any atom is 0.123 e. The van der Waals surface area contributed by atoms with Crippen LogP contribution in [0.4, 0.5) is 0 Å². The molecule has 0 unspecified atom stereocenters. The summed E-state index contributed by atoms with van der Waals surface area (Å²) >= 11 is 0. The maximum absolute atomic E-state index is 5.70. The van der Waals surface area contributed by atoms with Gasteiger partial charge in [0.15, 0.2) is 0 Å². The molecular formula is C15H19N3O2. The molecule has 0 bridgehead atoms. The molecular weight excluding hydrogens is 254 g/mol. The summed E-state index contributed by atoms with van der Waals surface area (Å²) in [6, 6.07) is 7.61. The molecule has 0 radical (unpaired) electrons. The molecule has 5 heteroatoms. The van der Waals surface area contributed by atoms with Crippen LogP contribution in [0, 0.1) is 0 Å². The number of nitrogens with zero attached hydrogens (tertiary/aromatic N) is 3. The van der Waals surface area contributed by atoms with Gasteiger partial charge in [-0.25, -0.2) is 0 Å². The Bertz CT molecular complexity index is 520. The minimum atomic E-state index is 0.615. The minimum Gasteiger partial charge on any atom is -0.497 e. The summed E-state index contributed by atoms with van der Waals surface area (Å²) in [5.41, 5.74) is 0.955. The molecule has 0 spiro atoms. The standard InChI is InChI=1S/C15H19N3O2/c1-18(12-13-11-16-6-7-17-13)8-9-20-15-5-3-4-14(10-15)19-2/h3-7,10-11H,8-9,12H2,1-2H3. The molecule has 0 fully saturated rings. The van der Waals surface area contributed by atoms with E-state index in [-0.39, 0.29) is 0 Å². The largest absolute Gasteiger partial charge is 0.497 e. The van der Waals surface area contributed by atoms with Crippen molar-refractivity contribution in [3.63, 3.8) is 0 Å². The van der Waals surface area contributed by atoms with Crippen molar-refractivity contribution in [3.05, 3.63) is 48.5 Å². The lowest BCUT2D eigenvalue weighted by atomic mass is 10.3. The second kappa shape index (κ2) is 7.45. The Hall–Kier alpha value is -2.14. The van der Waals surface area contributed by atoms with Gasteiger partial charge in [-0.05, 0) is 19.2 Å². The topological polar surface area (TPSA) is 47.5 Å². The number of aromatic nitrogens is 2. The maximum atomic E-state index is 5.70. The summed E-state index contributed by atoms with van der Waals surface area (Å²) in [4.78, 5) is 10.4. The molecule has 0 amide bonds. The van der Waals surface area contributed by atoms with Crippen molar-refractivity contribution in [3.8, 4) is 11.5 Å². The van der Waals surface area contributed by atoms with Gasteiger partial charge in [0.05, 0.1) is 12.8 Å². The van der Waals surface area contributed by atoms with Gasteiger partial charge in [0.25, 0.3) is 0 Å². The number of methoxy groups -OCH3 is 1. The molecule has 20 heavy (non-hydrogen) atoms. The summed E-state index contributed by atoms with van der Waals surface area (Å²) in [5.74, 6) is 1.62. The van der Waals surface area contributed by atoms with Gasteiger partial charge >= 0.3 is 0 Å². The summed E-state index contributed by atoms with van der Waals surface area (Å²) in [5, 5.41) is 0. The molecule has 0 aliphatic rings. The lowest BCUT2D eigenvalue weighted by molar-refractivity contribution is 0.230. The minimum absolute atomic E-state index is 0.615. The predicted molar refractivity (Wildman–Crippen MR) is 76.9 cm³/mol. The van der Waals surface area contributed by atoms with E-state index in [1.54, 1.807) is 25.7 Å². The monoisotopic (exact) mass is 273 g/mol. The van der Waals surface area contributed by atoms with E-state index < -0.39 is 0 Å². The van der Waals surface area contributed by atoms with Crippen LogP contribution in [0.5, 0.6) is 11.5 Å². The lowest BCUT2D eigenvalue weighted by Gasteiger charge is -2.16. The van der Waals surface area contributed by atoms with Crippen molar-refractivity contribution in [1.82, 2.24) is 14.9 Å². The predicted octanol–water partition coefficient (Wildman–Crippen LogP) is 2.00. The van der Waals surface area contributed by atoms with Gasteiger partial charge in [0.1, 0.15) is 18.1 Å². The fraction of sp³-hybridized carbons (Fsp3) is 0.333. The number of benzene rings is 1. The molecule has 0 aliphatic carbocycles. The third-order valence-corrected chi connectivity index (χ3v) is 2.83. The number of rotatable bonds is 7. The van der Waals surface area contributed by atoms with Gasteiger partial charge in [-0.3, -0.25) is 14.9 Å². The smallest absolute Gasteiger partial charge is 0.123 e. The van der Waals surface area contributed by atoms with Crippen LogP contribution in [-0.2, 0) is 6.54 Å². The Kier molecular flexibility index (Phi) is 5.32. The second-order valence-electron chi connectivity index (χ2n) is 4.46. The summed E-state index contributed by atoms with van der Waals surface area (Å²) in [7, 11) is 3.68. The lowest BCUT2D eigenvalue weighted by Crippen LogP contribution is -2.24. The van der Waals surface area contributed by atoms with Crippen LogP contribution < -0.4 is 9.47 Å². The van der Waals surface area contributed by atoms with E-state index in [1.807, 2.05) is 31.3 Å². The van der Waals surface area contributed by atoms with E-state index in [2.05, 4.69) is 14.9 Å². The zero-order valence-electron chi connectivity index (χ0n) is 11.8. The van der Waals surface area contributed by atoms with E-state index in [0.29, 0.717) is 6.61 Å². The molecule has 0 atom stereocenters. The Labute approximate surface area is 119 Å². The Morgan fingerprint density at radius 3 is 2.80 bits per heavy atom. The first-order valence-electron chi connectivity index (χ1n) is 6.48. The van der Waals surface area contributed by atoms with Crippen molar-refractivity contribution >= 4 is 0 Å². The van der Waals surface area contributed by atoms with E-state index in [1.165, 1.54) is 0 Å². The summed E-state index contributed by atoms with van der Waals surface area (Å²) in [6.45, 7) is 2.19. The molecule has 5 nitrogen and oxygen atoms in total. The highest BCUT2D eigenvalue weighted by Crippen LogP contribution is 2.18. The molecule has 1 heterocycles. The third-order valence-electron chi connectivity index (χ3n) is 2.83. The van der Waals surface area contributed by atoms with Crippen LogP contribution in [0.1, 0.15) is 5.69 Å². The van der Waals surface area contributed by atoms with Crippen LogP contribution in [0.2, 0.25) is 0 Å². The number of ether oxygens (including phenoxy) is 2. The molecule has 106 valence electrons. The molecule has 0 saturated heterocycles. The highest BCUT2D eigenvalue weighted by Gasteiger charge is 2.02. The molecule has 1 aromatic heterocycles. The summed E-state index contributed by atoms with van der Waals surface area (Å²) < 4.78 is 10.9. The van der Waals surface area contributed by atoms with Crippen LogP contribution in [0.3, 0.4) is 0 Å². The van der Waals surface area contributed by atoms with Crippen molar-refractivity contribution in [2.24, 2.45) is 0 Å². The number of hydrogen-bond acceptors (Lipinski definition) is 5. The van der Waals surface area contributed by atoms with E-state index in [0.717, 1.165) is 30.3 Å². The van der Waals surface area contributed by atoms with Gasteiger partial charge < -0.3 is 9.47 Å². The first-order valence-corrected chi connectivity index (χ1v) is 6.48. The number of hydrogen-bond donors (Lipinski definition) is 0. The van der Waals surface area contributed by atoms with E-state index >= 15 is 0 Å². The normalized spacial score (nSPS) is 10.6. The van der Waals surface area contributed by atoms with Gasteiger partial charge in [0, 0.05) is 37.7 Å². The molecule has 2 aromatic rings. The SMILES string of the molecule is COc1cccc(OCCN(C)Cc2cnccn2)c1. The molecule has 1 aromatic carbocycles. The van der Waals surface area contributed by atoms with Gasteiger partial charge in [-0.2, -0.15) is 0 Å². The Morgan fingerprint density at radius 1 is 1.20 bits per heavy atom. The zero-order chi connectivity index (χ0) is 14.2. The fourth-order valence-electron chi connectivity index (χ4n) is 1.78. The van der Waals surface area contributed by atoms with Gasteiger partial charge in [0.2, 0.25) is 0 Å². The Morgan fingerprint density at radius 2 is 2.05 bits per heavy atom. The molecule has 0 saturated carbocycles. The molecule has 0 aliphatic heterocycles. The summed E-state index contributed by atoms with van der Waals surface area (Å²) in [6.07, 6.45) is 5.16. The quantitative estimate of drug-likeness (QED) is 0.772.